The molecule has 2 rings (SSSR count). The van der Waals surface area contributed by atoms with Crippen molar-refractivity contribution in [3.05, 3.63) is 34.6 Å². The standard InChI is InChI=1S/C16H21ClFNO2/c1-16(2,15(20)21)12-4-3-7-19(10-12)9-11-8-13(17)5-6-14(11)18/h5-6,8,12H,3-4,7,9-10H2,1-2H3,(H,20,21). The van der Waals surface area contributed by atoms with Crippen LogP contribution in [0.2, 0.25) is 5.02 Å². The molecule has 1 atom stereocenters. The van der Waals surface area contributed by atoms with E-state index in [9.17, 15) is 14.3 Å². The lowest BCUT2D eigenvalue weighted by atomic mass is 9.74. The highest BCUT2D eigenvalue weighted by Crippen LogP contribution is 2.34. The molecule has 1 saturated heterocycles. The van der Waals surface area contributed by atoms with Crippen LogP contribution in [0.4, 0.5) is 4.39 Å². The van der Waals surface area contributed by atoms with E-state index in [2.05, 4.69) is 4.90 Å². The quantitative estimate of drug-likeness (QED) is 0.919. The maximum Gasteiger partial charge on any atom is 0.309 e. The van der Waals surface area contributed by atoms with Gasteiger partial charge in [0.1, 0.15) is 5.82 Å². The summed E-state index contributed by atoms with van der Waals surface area (Å²) in [6.07, 6.45) is 1.83. The first-order valence-electron chi connectivity index (χ1n) is 7.20. The summed E-state index contributed by atoms with van der Waals surface area (Å²) >= 11 is 5.91. The molecule has 0 saturated carbocycles. The molecule has 1 aliphatic rings. The smallest absolute Gasteiger partial charge is 0.309 e. The van der Waals surface area contributed by atoms with Crippen LogP contribution in [-0.4, -0.2) is 29.1 Å². The monoisotopic (exact) mass is 313 g/mol. The van der Waals surface area contributed by atoms with E-state index < -0.39 is 11.4 Å². The second kappa shape index (κ2) is 6.32. The summed E-state index contributed by atoms with van der Waals surface area (Å²) in [5.41, 5.74) is -0.192. The lowest BCUT2D eigenvalue weighted by Crippen LogP contribution is -2.44. The molecule has 0 aliphatic carbocycles. The second-order valence-corrected chi connectivity index (χ2v) is 6.77. The highest BCUT2D eigenvalue weighted by Gasteiger charge is 2.39. The van der Waals surface area contributed by atoms with E-state index in [1.165, 1.54) is 12.1 Å². The van der Waals surface area contributed by atoms with Gasteiger partial charge in [0.05, 0.1) is 5.41 Å². The molecule has 21 heavy (non-hydrogen) atoms. The number of halogens is 2. The van der Waals surface area contributed by atoms with E-state index in [1.54, 1.807) is 19.9 Å². The minimum atomic E-state index is -0.775. The Morgan fingerprint density at radius 1 is 1.52 bits per heavy atom. The Hall–Kier alpha value is -1.13. The molecule has 1 N–H and O–H groups in total. The minimum absolute atomic E-state index is 0.0750. The van der Waals surface area contributed by atoms with Crippen LogP contribution >= 0.6 is 11.6 Å². The third kappa shape index (κ3) is 3.74. The number of piperidine rings is 1. The number of benzene rings is 1. The third-order valence-corrected chi connectivity index (χ3v) is 4.71. The first-order chi connectivity index (χ1) is 9.80. The van der Waals surface area contributed by atoms with Crippen molar-refractivity contribution in [2.45, 2.75) is 33.2 Å². The van der Waals surface area contributed by atoms with Crippen molar-refractivity contribution in [1.82, 2.24) is 4.90 Å². The maximum atomic E-state index is 13.8. The van der Waals surface area contributed by atoms with Gasteiger partial charge in [0.25, 0.3) is 0 Å². The second-order valence-electron chi connectivity index (χ2n) is 6.34. The van der Waals surface area contributed by atoms with Crippen LogP contribution in [0.15, 0.2) is 18.2 Å². The number of nitrogens with zero attached hydrogens (tertiary/aromatic N) is 1. The van der Waals surface area contributed by atoms with Crippen LogP contribution in [0.25, 0.3) is 0 Å². The first kappa shape index (κ1) is 16.2. The van der Waals surface area contributed by atoms with Crippen LogP contribution < -0.4 is 0 Å². The van der Waals surface area contributed by atoms with E-state index in [4.69, 9.17) is 11.6 Å². The maximum absolute atomic E-state index is 13.8. The van der Waals surface area contributed by atoms with Gasteiger partial charge in [-0.15, -0.1) is 0 Å². The van der Waals surface area contributed by atoms with Crippen molar-refractivity contribution in [3.8, 4) is 0 Å². The van der Waals surface area contributed by atoms with Gasteiger partial charge in [-0.3, -0.25) is 9.69 Å². The molecule has 3 nitrogen and oxygen atoms in total. The van der Waals surface area contributed by atoms with Crippen molar-refractivity contribution in [2.75, 3.05) is 13.1 Å². The van der Waals surface area contributed by atoms with Crippen molar-refractivity contribution in [2.24, 2.45) is 11.3 Å². The lowest BCUT2D eigenvalue weighted by molar-refractivity contribution is -0.151. The Morgan fingerprint density at radius 3 is 2.90 bits per heavy atom. The zero-order valence-electron chi connectivity index (χ0n) is 12.4. The Morgan fingerprint density at radius 2 is 2.24 bits per heavy atom. The highest BCUT2D eigenvalue weighted by molar-refractivity contribution is 6.30. The highest BCUT2D eigenvalue weighted by atomic mass is 35.5. The van der Waals surface area contributed by atoms with Gasteiger partial charge >= 0.3 is 5.97 Å². The van der Waals surface area contributed by atoms with Crippen LogP contribution in [-0.2, 0) is 11.3 Å². The molecule has 0 amide bonds. The van der Waals surface area contributed by atoms with E-state index >= 15 is 0 Å². The van der Waals surface area contributed by atoms with Crippen LogP contribution in [0.3, 0.4) is 0 Å². The Kier molecular flexibility index (Phi) is 4.89. The number of carboxylic acid groups (broad SMARTS) is 1. The molecular weight excluding hydrogens is 293 g/mol. The molecule has 1 aromatic rings. The van der Waals surface area contributed by atoms with Crippen LogP contribution in [0.1, 0.15) is 32.3 Å². The minimum Gasteiger partial charge on any atom is -0.481 e. The molecule has 1 fully saturated rings. The average molecular weight is 314 g/mol. The van der Waals surface area contributed by atoms with E-state index in [-0.39, 0.29) is 11.7 Å². The Balaban J connectivity index is 2.08. The van der Waals surface area contributed by atoms with Gasteiger partial charge in [-0.25, -0.2) is 4.39 Å². The fourth-order valence-corrected chi connectivity index (χ4v) is 3.06. The van der Waals surface area contributed by atoms with Gasteiger partial charge < -0.3 is 5.11 Å². The van der Waals surface area contributed by atoms with E-state index in [1.807, 2.05) is 0 Å². The number of carbonyl (C=O) groups is 1. The van der Waals surface area contributed by atoms with Crippen LogP contribution in [0, 0.1) is 17.2 Å². The Labute approximate surface area is 129 Å². The molecule has 0 spiro atoms. The van der Waals surface area contributed by atoms with Gasteiger partial charge in [0, 0.05) is 23.7 Å². The summed E-state index contributed by atoms with van der Waals surface area (Å²) in [5, 5.41) is 9.87. The summed E-state index contributed by atoms with van der Waals surface area (Å²) in [6.45, 7) is 5.54. The fourth-order valence-electron chi connectivity index (χ4n) is 2.87. The molecule has 1 heterocycles. The number of carboxylic acids is 1. The summed E-state index contributed by atoms with van der Waals surface area (Å²) in [5.74, 6) is -0.965. The molecular formula is C16H21ClFNO2. The molecule has 1 aromatic carbocycles. The zero-order valence-corrected chi connectivity index (χ0v) is 13.2. The normalized spacial score (nSPS) is 20.5. The molecule has 1 unspecified atom stereocenters. The van der Waals surface area contributed by atoms with E-state index in [0.717, 1.165) is 19.4 Å². The van der Waals surface area contributed by atoms with Crippen molar-refractivity contribution < 1.29 is 14.3 Å². The predicted molar refractivity (Wildman–Crippen MR) is 80.8 cm³/mol. The summed E-state index contributed by atoms with van der Waals surface area (Å²) in [6, 6.07) is 4.55. The lowest BCUT2D eigenvalue weighted by Gasteiger charge is -2.39. The number of hydrogen-bond acceptors (Lipinski definition) is 2. The number of rotatable bonds is 4. The fraction of sp³-hybridized carbons (Fsp3) is 0.562. The summed E-state index contributed by atoms with van der Waals surface area (Å²) in [7, 11) is 0. The van der Waals surface area contributed by atoms with Crippen LogP contribution in [0.5, 0.6) is 0 Å². The largest absolute Gasteiger partial charge is 0.481 e. The van der Waals surface area contributed by atoms with Gasteiger partial charge in [-0.1, -0.05) is 11.6 Å². The topological polar surface area (TPSA) is 40.5 Å². The molecule has 116 valence electrons. The van der Waals surface area contributed by atoms with Gasteiger partial charge in [-0.2, -0.15) is 0 Å². The number of aliphatic carboxylic acids is 1. The zero-order chi connectivity index (χ0) is 15.6. The molecule has 0 bridgehead atoms. The molecule has 5 heteroatoms. The molecule has 0 radical (unpaired) electrons. The van der Waals surface area contributed by atoms with Gasteiger partial charge in [-0.05, 0) is 57.4 Å². The number of likely N-dealkylation sites (tertiary alicyclic amines) is 1. The van der Waals surface area contributed by atoms with Crippen molar-refractivity contribution in [1.29, 1.82) is 0 Å². The SMILES string of the molecule is CC(C)(C(=O)O)C1CCCN(Cc2cc(Cl)ccc2F)C1. The summed E-state index contributed by atoms with van der Waals surface area (Å²) in [4.78, 5) is 13.5. The summed E-state index contributed by atoms with van der Waals surface area (Å²) < 4.78 is 13.8. The first-order valence-corrected chi connectivity index (χ1v) is 7.58. The molecule has 1 aliphatic heterocycles. The molecule has 0 aromatic heterocycles. The number of hydrogen-bond donors (Lipinski definition) is 1. The predicted octanol–water partition coefficient (Wildman–Crippen LogP) is 3.80. The Bertz CT molecular complexity index is 533. The van der Waals surface area contributed by atoms with Crippen molar-refractivity contribution >= 4 is 17.6 Å². The van der Waals surface area contributed by atoms with Gasteiger partial charge in [0.15, 0.2) is 0 Å². The average Bonchev–Trinajstić information content (AvgIpc) is 2.43. The third-order valence-electron chi connectivity index (χ3n) is 4.48. The van der Waals surface area contributed by atoms with Crippen molar-refractivity contribution in [3.63, 3.8) is 0 Å². The van der Waals surface area contributed by atoms with Gasteiger partial charge in [0.2, 0.25) is 0 Å². The van der Waals surface area contributed by atoms with E-state index in [0.29, 0.717) is 23.7 Å².